The van der Waals surface area contributed by atoms with E-state index in [9.17, 15) is 14.4 Å². The minimum atomic E-state index is -1.02. The SMILES string of the molecule is CNC(=O)C(CC(N)=O)NC(=O)c1ccc2ccccc2n1. The summed E-state index contributed by atoms with van der Waals surface area (Å²) in [4.78, 5) is 39.1. The van der Waals surface area contributed by atoms with Crippen LogP contribution in [0.4, 0.5) is 0 Å². The van der Waals surface area contributed by atoms with Gasteiger partial charge in [-0.2, -0.15) is 0 Å². The largest absolute Gasteiger partial charge is 0.370 e. The van der Waals surface area contributed by atoms with Crippen molar-refractivity contribution in [3.63, 3.8) is 0 Å². The summed E-state index contributed by atoms with van der Waals surface area (Å²) in [7, 11) is 1.41. The van der Waals surface area contributed by atoms with Gasteiger partial charge in [-0.15, -0.1) is 0 Å². The van der Waals surface area contributed by atoms with Crippen molar-refractivity contribution in [2.45, 2.75) is 12.5 Å². The third-order valence-electron chi connectivity index (χ3n) is 3.10. The molecule has 0 aliphatic heterocycles. The Kier molecular flexibility index (Phi) is 4.67. The lowest BCUT2D eigenvalue weighted by Gasteiger charge is -2.15. The lowest BCUT2D eigenvalue weighted by Crippen LogP contribution is -2.47. The summed E-state index contributed by atoms with van der Waals surface area (Å²) >= 11 is 0. The van der Waals surface area contributed by atoms with Gasteiger partial charge in [-0.05, 0) is 12.1 Å². The van der Waals surface area contributed by atoms with E-state index in [1.807, 2.05) is 18.2 Å². The lowest BCUT2D eigenvalue weighted by atomic mass is 10.1. The number of rotatable bonds is 5. The molecule has 3 amide bonds. The van der Waals surface area contributed by atoms with Gasteiger partial charge in [0.25, 0.3) is 5.91 Å². The maximum Gasteiger partial charge on any atom is 0.270 e. The number of nitrogens with two attached hydrogens (primary N) is 1. The molecule has 1 heterocycles. The molecular weight excluding hydrogens is 284 g/mol. The molecule has 7 nitrogen and oxygen atoms in total. The molecule has 0 spiro atoms. The summed E-state index contributed by atoms with van der Waals surface area (Å²) in [6.07, 6.45) is -0.279. The van der Waals surface area contributed by atoms with E-state index in [0.29, 0.717) is 5.52 Å². The minimum absolute atomic E-state index is 0.164. The Morgan fingerprint density at radius 3 is 2.59 bits per heavy atom. The van der Waals surface area contributed by atoms with E-state index in [4.69, 9.17) is 5.73 Å². The molecule has 1 atom stereocenters. The smallest absolute Gasteiger partial charge is 0.270 e. The Morgan fingerprint density at radius 1 is 1.18 bits per heavy atom. The first kappa shape index (κ1) is 15.4. The first-order valence-electron chi connectivity index (χ1n) is 6.68. The molecule has 1 unspecified atom stereocenters. The van der Waals surface area contributed by atoms with Crippen LogP contribution in [0.5, 0.6) is 0 Å². The van der Waals surface area contributed by atoms with Crippen molar-refractivity contribution in [3.8, 4) is 0 Å². The highest BCUT2D eigenvalue weighted by Gasteiger charge is 2.23. The average Bonchev–Trinajstić information content (AvgIpc) is 2.52. The van der Waals surface area contributed by atoms with Crippen LogP contribution in [0.25, 0.3) is 10.9 Å². The molecule has 1 aromatic heterocycles. The number of nitrogens with one attached hydrogen (secondary N) is 2. The summed E-state index contributed by atoms with van der Waals surface area (Å²) in [6, 6.07) is 9.65. The van der Waals surface area contributed by atoms with Crippen LogP contribution in [0.15, 0.2) is 36.4 Å². The van der Waals surface area contributed by atoms with E-state index >= 15 is 0 Å². The number of para-hydroxylation sites is 1. The number of pyridine rings is 1. The summed E-state index contributed by atoms with van der Waals surface area (Å²) in [5.74, 6) is -1.71. The molecule has 0 aliphatic rings. The Morgan fingerprint density at radius 2 is 1.91 bits per heavy atom. The van der Waals surface area contributed by atoms with Crippen molar-refractivity contribution >= 4 is 28.6 Å². The number of fused-ring (bicyclic) bond motifs is 1. The quantitative estimate of drug-likeness (QED) is 0.718. The average molecular weight is 300 g/mol. The zero-order valence-electron chi connectivity index (χ0n) is 12.0. The Bertz CT molecular complexity index is 730. The molecule has 2 rings (SSSR count). The number of hydrogen-bond donors (Lipinski definition) is 3. The van der Waals surface area contributed by atoms with Crippen LogP contribution in [0.1, 0.15) is 16.9 Å². The first-order chi connectivity index (χ1) is 10.5. The number of carbonyl (C=O) groups excluding carboxylic acids is 3. The van der Waals surface area contributed by atoms with Crippen molar-refractivity contribution in [2.75, 3.05) is 7.05 Å². The Labute approximate surface area is 126 Å². The lowest BCUT2D eigenvalue weighted by molar-refractivity contribution is -0.126. The van der Waals surface area contributed by atoms with Crippen molar-refractivity contribution in [1.29, 1.82) is 0 Å². The van der Waals surface area contributed by atoms with Crippen LogP contribution in [0.2, 0.25) is 0 Å². The molecule has 1 aromatic carbocycles. The predicted molar refractivity (Wildman–Crippen MR) is 80.9 cm³/mol. The van der Waals surface area contributed by atoms with Gasteiger partial charge >= 0.3 is 0 Å². The number of hydrogen-bond acceptors (Lipinski definition) is 4. The zero-order chi connectivity index (χ0) is 16.1. The topological polar surface area (TPSA) is 114 Å². The molecule has 0 fully saturated rings. The summed E-state index contributed by atoms with van der Waals surface area (Å²) in [6.45, 7) is 0. The van der Waals surface area contributed by atoms with Crippen LogP contribution < -0.4 is 16.4 Å². The molecule has 114 valence electrons. The molecule has 7 heteroatoms. The van der Waals surface area contributed by atoms with Gasteiger partial charge < -0.3 is 16.4 Å². The van der Waals surface area contributed by atoms with Crippen molar-refractivity contribution in [1.82, 2.24) is 15.6 Å². The van der Waals surface area contributed by atoms with Crippen LogP contribution in [0.3, 0.4) is 0 Å². The number of aromatic nitrogens is 1. The maximum atomic E-state index is 12.2. The van der Waals surface area contributed by atoms with Crippen molar-refractivity contribution in [2.24, 2.45) is 5.73 Å². The highest BCUT2D eigenvalue weighted by atomic mass is 16.2. The van der Waals surface area contributed by atoms with Gasteiger partial charge in [0.15, 0.2) is 0 Å². The van der Waals surface area contributed by atoms with E-state index in [2.05, 4.69) is 15.6 Å². The predicted octanol–water partition coefficient (Wildman–Crippen LogP) is -0.0454. The highest BCUT2D eigenvalue weighted by molar-refractivity contribution is 5.98. The van der Waals surface area contributed by atoms with Crippen molar-refractivity contribution < 1.29 is 14.4 Å². The van der Waals surface area contributed by atoms with E-state index in [-0.39, 0.29) is 12.1 Å². The fourth-order valence-corrected chi connectivity index (χ4v) is 2.01. The molecule has 0 radical (unpaired) electrons. The molecule has 2 aromatic rings. The molecule has 22 heavy (non-hydrogen) atoms. The molecular formula is C15H16N4O3. The van der Waals surface area contributed by atoms with E-state index < -0.39 is 23.8 Å². The number of primary amides is 1. The van der Waals surface area contributed by atoms with Gasteiger partial charge in [-0.3, -0.25) is 14.4 Å². The molecule has 0 saturated heterocycles. The van der Waals surface area contributed by atoms with Crippen LogP contribution in [-0.4, -0.2) is 35.8 Å². The van der Waals surface area contributed by atoms with Crippen LogP contribution >= 0.6 is 0 Å². The molecule has 0 bridgehead atoms. The number of nitrogens with zero attached hydrogens (tertiary/aromatic N) is 1. The second-order valence-corrected chi connectivity index (χ2v) is 4.70. The van der Waals surface area contributed by atoms with Gasteiger partial charge in [0, 0.05) is 12.4 Å². The van der Waals surface area contributed by atoms with Crippen LogP contribution in [0, 0.1) is 0 Å². The number of benzene rings is 1. The van der Waals surface area contributed by atoms with E-state index in [1.54, 1.807) is 18.2 Å². The third kappa shape index (κ3) is 3.57. The summed E-state index contributed by atoms with van der Waals surface area (Å²) < 4.78 is 0. The maximum absolute atomic E-state index is 12.2. The standard InChI is InChI=1S/C15H16N4O3/c1-17-14(21)12(8-13(16)20)19-15(22)11-7-6-9-4-2-3-5-10(9)18-11/h2-7,12H,8H2,1H3,(H2,16,20)(H,17,21)(H,19,22). The second-order valence-electron chi connectivity index (χ2n) is 4.70. The van der Waals surface area contributed by atoms with Gasteiger partial charge in [0.1, 0.15) is 11.7 Å². The van der Waals surface area contributed by atoms with Gasteiger partial charge in [0.2, 0.25) is 11.8 Å². The van der Waals surface area contributed by atoms with Crippen molar-refractivity contribution in [3.05, 3.63) is 42.1 Å². The molecule has 4 N–H and O–H groups in total. The summed E-state index contributed by atoms with van der Waals surface area (Å²) in [5.41, 5.74) is 5.92. The number of carbonyl (C=O) groups is 3. The second kappa shape index (κ2) is 6.66. The zero-order valence-corrected chi connectivity index (χ0v) is 12.0. The third-order valence-corrected chi connectivity index (χ3v) is 3.10. The summed E-state index contributed by atoms with van der Waals surface area (Å²) in [5, 5.41) is 5.74. The first-order valence-corrected chi connectivity index (χ1v) is 6.68. The minimum Gasteiger partial charge on any atom is -0.370 e. The number of likely N-dealkylation sites (N-methyl/N-ethyl adjacent to an activating group) is 1. The Balaban J connectivity index is 2.20. The molecule has 0 aliphatic carbocycles. The monoisotopic (exact) mass is 300 g/mol. The van der Waals surface area contributed by atoms with E-state index in [1.165, 1.54) is 7.05 Å². The van der Waals surface area contributed by atoms with Gasteiger partial charge in [-0.1, -0.05) is 24.3 Å². The Hall–Kier alpha value is -2.96. The molecule has 0 saturated carbocycles. The number of amides is 3. The highest BCUT2D eigenvalue weighted by Crippen LogP contribution is 2.11. The van der Waals surface area contributed by atoms with Gasteiger partial charge in [-0.25, -0.2) is 4.98 Å². The van der Waals surface area contributed by atoms with E-state index in [0.717, 1.165) is 5.39 Å². The van der Waals surface area contributed by atoms with Crippen LogP contribution in [-0.2, 0) is 9.59 Å². The fourth-order valence-electron chi connectivity index (χ4n) is 2.01. The fraction of sp³-hybridized carbons (Fsp3) is 0.200. The van der Waals surface area contributed by atoms with Gasteiger partial charge in [0.05, 0.1) is 11.9 Å². The normalized spacial score (nSPS) is 11.7.